The highest BCUT2D eigenvalue weighted by Crippen LogP contribution is 2.45. The number of rotatable bonds is 4. The van der Waals surface area contributed by atoms with E-state index in [2.05, 4.69) is 0 Å². The first kappa shape index (κ1) is 14.8. The first-order valence-electron chi connectivity index (χ1n) is 24.8. The fourth-order valence-corrected chi connectivity index (χ4v) is 6.57. The van der Waals surface area contributed by atoms with Crippen LogP contribution in [0.2, 0.25) is 0 Å². The Morgan fingerprint density at radius 3 is 1.45 bits per heavy atom. The van der Waals surface area contributed by atoms with E-state index in [0.717, 1.165) is 11.1 Å². The lowest BCUT2D eigenvalue weighted by Crippen LogP contribution is -1.91. The molecule has 0 amide bonds. The summed E-state index contributed by atoms with van der Waals surface area (Å²) in [5, 5.41) is -2.03. The molecule has 0 saturated carbocycles. The molecule has 10 aromatic rings. The molecule has 1 nitrogen and oxygen atoms in total. The summed E-state index contributed by atoms with van der Waals surface area (Å²) in [5.41, 5.74) is 0.278. The van der Waals surface area contributed by atoms with Crippen LogP contribution in [0.3, 0.4) is 0 Å². The van der Waals surface area contributed by atoms with Gasteiger partial charge in [0.05, 0.1) is 26.0 Å². The van der Waals surface area contributed by atoms with Gasteiger partial charge in [-0.05, 0) is 101 Å². The topological polar surface area (TPSA) is 13.1 Å². The molecular weight excluding hydrogens is 593 g/mol. The number of hydrogen-bond acceptors (Lipinski definition) is 1. The first-order valence-corrected chi connectivity index (χ1v) is 15.3. The molecule has 0 aliphatic rings. The quantitative estimate of drug-likeness (QED) is 0.174. The molecule has 0 radical (unpaired) electrons. The normalized spacial score (nSPS) is 17.1. The van der Waals surface area contributed by atoms with Crippen molar-refractivity contribution in [2.45, 2.75) is 0 Å². The van der Waals surface area contributed by atoms with Crippen molar-refractivity contribution in [3.8, 4) is 44.5 Å². The molecule has 1 heteroatoms. The van der Waals surface area contributed by atoms with Crippen LogP contribution in [0, 0.1) is 0 Å². The predicted octanol–water partition coefficient (Wildman–Crippen LogP) is 13.7. The van der Waals surface area contributed by atoms with E-state index >= 15 is 0 Å². The smallest absolute Gasteiger partial charge is 0.136 e. The van der Waals surface area contributed by atoms with Crippen molar-refractivity contribution >= 4 is 54.3 Å². The molecule has 1 heterocycles. The third-order valence-corrected chi connectivity index (χ3v) is 8.63. The monoisotopic (exact) mass is 641 g/mol. The molecule has 0 fully saturated rings. The van der Waals surface area contributed by atoms with Crippen LogP contribution >= 0.6 is 0 Å². The van der Waals surface area contributed by atoms with E-state index in [0.29, 0.717) is 27.5 Å². The summed E-state index contributed by atoms with van der Waals surface area (Å²) in [7, 11) is 0. The highest BCUT2D eigenvalue weighted by Gasteiger charge is 2.18. The van der Waals surface area contributed by atoms with Crippen LogP contribution in [-0.4, -0.2) is 0 Å². The number of fused-ring (bicyclic) bond motifs is 6. The van der Waals surface area contributed by atoms with E-state index in [1.54, 1.807) is 24.3 Å². The van der Waals surface area contributed by atoms with Gasteiger partial charge in [0.2, 0.25) is 0 Å². The summed E-state index contributed by atoms with van der Waals surface area (Å²) in [6.45, 7) is 0. The molecule has 10 rings (SSSR count). The highest BCUT2D eigenvalue weighted by molar-refractivity contribution is 6.22. The highest BCUT2D eigenvalue weighted by atomic mass is 16.3. The Bertz CT molecular complexity index is 3850. The molecule has 1 aromatic heterocycles. The molecule has 0 aliphatic heterocycles. The molecule has 9 aromatic carbocycles. The molecule has 49 heavy (non-hydrogen) atoms. The third kappa shape index (κ3) is 4.40. The summed E-state index contributed by atoms with van der Waals surface area (Å²) in [5.74, 6) is 0. The van der Waals surface area contributed by atoms with Crippen molar-refractivity contribution in [1.29, 1.82) is 0 Å². The molecule has 0 aliphatic carbocycles. The maximum absolute atomic E-state index is 9.80. The van der Waals surface area contributed by atoms with Crippen LogP contribution in [-0.2, 0) is 0 Å². The van der Waals surface area contributed by atoms with Crippen molar-refractivity contribution in [2.24, 2.45) is 0 Å². The largest absolute Gasteiger partial charge is 0.456 e. The minimum Gasteiger partial charge on any atom is -0.456 e. The van der Waals surface area contributed by atoms with Gasteiger partial charge in [0, 0.05) is 10.8 Å². The summed E-state index contributed by atoms with van der Waals surface area (Å²) in [6, 6.07) is 4.80. The van der Waals surface area contributed by atoms with E-state index in [4.69, 9.17) is 16.8 Å². The van der Waals surface area contributed by atoms with Crippen molar-refractivity contribution in [1.82, 2.24) is 0 Å². The maximum Gasteiger partial charge on any atom is 0.136 e. The lowest BCUT2D eigenvalue weighted by Gasteiger charge is -2.18. The van der Waals surface area contributed by atoms with Gasteiger partial charge in [0.15, 0.2) is 0 Å². The fraction of sp³-hybridized carbons (Fsp3) is 0. The second kappa shape index (κ2) is 11.1. The van der Waals surface area contributed by atoms with Crippen molar-refractivity contribution in [3.05, 3.63) is 182 Å². The first-order chi connectivity index (χ1) is 32.2. The number of hydrogen-bond donors (Lipinski definition) is 0. The average Bonchev–Trinajstić information content (AvgIpc) is 3.73. The van der Waals surface area contributed by atoms with Crippen molar-refractivity contribution in [2.75, 3.05) is 0 Å². The van der Waals surface area contributed by atoms with E-state index in [9.17, 15) is 13.7 Å². The second-order valence-corrected chi connectivity index (χ2v) is 11.3. The van der Waals surface area contributed by atoms with Crippen molar-refractivity contribution in [3.63, 3.8) is 0 Å². The molecule has 0 unspecified atom stereocenters. The van der Waals surface area contributed by atoms with Crippen LogP contribution < -0.4 is 0 Å². The van der Waals surface area contributed by atoms with Gasteiger partial charge >= 0.3 is 0 Å². The molecule has 0 bridgehead atoms. The van der Waals surface area contributed by atoms with E-state index in [1.165, 1.54) is 0 Å². The van der Waals surface area contributed by atoms with Gasteiger partial charge in [-0.2, -0.15) is 0 Å². The minimum atomic E-state index is -0.870. The van der Waals surface area contributed by atoms with Gasteiger partial charge < -0.3 is 4.42 Å². The van der Waals surface area contributed by atoms with E-state index in [-0.39, 0.29) is 10.9 Å². The number of furan rings is 1. The Hall–Kier alpha value is -6.44. The second-order valence-electron chi connectivity index (χ2n) is 11.3. The van der Waals surface area contributed by atoms with Gasteiger partial charge in [-0.15, -0.1) is 0 Å². The SMILES string of the molecule is [2H]c1c([2H])c([2H])c(-c2c3c([2H])c([2H])c([2H])c([2H])c3c(-c3c([2H])c([2H])c4c([2H])c(-c5cccc6oc7cccc(-c8ccccc8)c7c56)c([2H])c([2H])c4c3[2H])c3c([2H])c([2H])c([2H])c([2H])c23)c([2H])c1[2H]. The maximum atomic E-state index is 9.80. The molecular formula is C48H30O. The minimum absolute atomic E-state index is 0.110. The van der Waals surface area contributed by atoms with Gasteiger partial charge in [0.25, 0.3) is 0 Å². The zero-order valence-corrected chi connectivity index (χ0v) is 25.3. The fourth-order valence-electron chi connectivity index (χ4n) is 6.57. The summed E-state index contributed by atoms with van der Waals surface area (Å²) < 4.78 is 179. The van der Waals surface area contributed by atoms with Crippen LogP contribution in [0.4, 0.5) is 0 Å². The Morgan fingerprint density at radius 1 is 0.367 bits per heavy atom. The van der Waals surface area contributed by atoms with Gasteiger partial charge in [-0.1, -0.05) is 157 Å². The van der Waals surface area contributed by atoms with Gasteiger partial charge in [0.1, 0.15) is 11.2 Å². The van der Waals surface area contributed by atoms with E-state index < -0.39 is 164 Å². The number of benzene rings is 9. The molecule has 0 saturated heterocycles. The Labute approximate surface area is 311 Å². The van der Waals surface area contributed by atoms with Crippen LogP contribution in [0.25, 0.3) is 98.8 Å². The third-order valence-electron chi connectivity index (χ3n) is 8.63. The standard InChI is InChI=1S/C48H30O/c1-3-13-31(14-4-1)37-21-11-23-43-47(37)48-38(22-12-24-44(48)49-43)35-27-25-34-30-36(28-26-33(34)29-35)46-41-19-9-7-17-39(41)45(32-15-5-2-6-16-32)40-18-8-10-20-42(40)46/h1-30H/i2D,5D,6D,7D,8D,9D,10D,15D,16D,17D,18D,19D,20D,25D,26D,27D,28D,29D,30D. The molecule has 0 N–H and O–H groups in total. The Morgan fingerprint density at radius 2 is 0.857 bits per heavy atom. The lowest BCUT2D eigenvalue weighted by molar-refractivity contribution is 0.669. The van der Waals surface area contributed by atoms with Gasteiger partial charge in [-0.3, -0.25) is 0 Å². The summed E-state index contributed by atoms with van der Waals surface area (Å²) in [4.78, 5) is 0. The predicted molar refractivity (Wildman–Crippen MR) is 208 cm³/mol. The summed E-state index contributed by atoms with van der Waals surface area (Å²) >= 11 is 0. The van der Waals surface area contributed by atoms with Crippen LogP contribution in [0.1, 0.15) is 26.0 Å². The Balaban J connectivity index is 1.40. The zero-order chi connectivity index (χ0) is 48.8. The molecule has 0 spiro atoms. The van der Waals surface area contributed by atoms with E-state index in [1.807, 2.05) is 42.5 Å². The average molecular weight is 642 g/mol. The molecule has 228 valence electrons. The van der Waals surface area contributed by atoms with Gasteiger partial charge in [-0.25, -0.2) is 0 Å². The van der Waals surface area contributed by atoms with Crippen molar-refractivity contribution < 1.29 is 30.5 Å². The summed E-state index contributed by atoms with van der Waals surface area (Å²) in [6.07, 6.45) is 0. The lowest BCUT2D eigenvalue weighted by atomic mass is 9.85. The Kier molecular flexibility index (Phi) is 3.34. The zero-order valence-electron chi connectivity index (χ0n) is 44.3. The molecule has 0 atom stereocenters. The van der Waals surface area contributed by atoms with Crippen LogP contribution in [0.5, 0.6) is 0 Å². The van der Waals surface area contributed by atoms with Crippen LogP contribution in [0.15, 0.2) is 186 Å².